The lowest BCUT2D eigenvalue weighted by molar-refractivity contribution is -0.144. The van der Waals surface area contributed by atoms with Crippen LogP contribution in [-0.2, 0) is 4.79 Å². The van der Waals surface area contributed by atoms with Gasteiger partial charge in [0, 0.05) is 19.6 Å². The largest absolute Gasteiger partial charge is 0.480 e. The molecule has 0 aromatic rings. The molecule has 0 saturated carbocycles. The Kier molecular flexibility index (Phi) is 6.30. The van der Waals surface area contributed by atoms with Crippen LogP contribution < -0.4 is 0 Å². The second-order valence-corrected chi connectivity index (χ2v) is 6.06. The predicted molar refractivity (Wildman–Crippen MR) is 78.6 cm³/mol. The third kappa shape index (κ3) is 4.12. The number of carboxylic acid groups (broad SMARTS) is 1. The van der Waals surface area contributed by atoms with Crippen molar-refractivity contribution < 1.29 is 14.7 Å². The van der Waals surface area contributed by atoms with Crippen LogP contribution in [0.5, 0.6) is 0 Å². The van der Waals surface area contributed by atoms with Gasteiger partial charge in [0.25, 0.3) is 0 Å². The van der Waals surface area contributed by atoms with Gasteiger partial charge in [-0.05, 0) is 31.6 Å². The minimum atomic E-state index is -0.878. The topological polar surface area (TPSA) is 60.9 Å². The van der Waals surface area contributed by atoms with E-state index in [9.17, 15) is 14.7 Å². The van der Waals surface area contributed by atoms with E-state index in [1.165, 1.54) is 0 Å². The molecule has 0 radical (unpaired) electrons. The summed E-state index contributed by atoms with van der Waals surface area (Å²) in [6.07, 6.45) is 2.47. The number of piperidine rings is 1. The monoisotopic (exact) mass is 284 g/mol. The van der Waals surface area contributed by atoms with Crippen molar-refractivity contribution in [1.29, 1.82) is 0 Å². The summed E-state index contributed by atoms with van der Waals surface area (Å²) in [6.45, 7) is 10.0. The number of rotatable bonds is 5. The highest BCUT2D eigenvalue weighted by atomic mass is 16.4. The summed E-state index contributed by atoms with van der Waals surface area (Å²) in [5.74, 6) is -0.0761. The van der Waals surface area contributed by atoms with Crippen molar-refractivity contribution in [3.05, 3.63) is 0 Å². The lowest BCUT2D eigenvalue weighted by atomic mass is 9.89. The molecule has 116 valence electrons. The van der Waals surface area contributed by atoms with E-state index in [0.717, 1.165) is 12.8 Å². The number of carbonyl (C=O) groups is 2. The van der Waals surface area contributed by atoms with Crippen molar-refractivity contribution >= 4 is 12.0 Å². The third-order valence-corrected chi connectivity index (χ3v) is 4.06. The van der Waals surface area contributed by atoms with Gasteiger partial charge in [-0.25, -0.2) is 9.59 Å². The number of urea groups is 1. The van der Waals surface area contributed by atoms with E-state index in [-0.39, 0.29) is 6.03 Å². The SMILES string of the molecule is CCC1CCN(C(=O)N(CC)CC(C)C)C(C(=O)O)C1. The zero-order valence-corrected chi connectivity index (χ0v) is 13.1. The lowest BCUT2D eigenvalue weighted by Gasteiger charge is -2.39. The van der Waals surface area contributed by atoms with E-state index in [4.69, 9.17) is 0 Å². The highest BCUT2D eigenvalue weighted by Gasteiger charge is 2.37. The fourth-order valence-electron chi connectivity index (χ4n) is 2.84. The standard InChI is InChI=1S/C15H28N2O3/c1-5-12-7-8-17(13(9-12)14(18)19)15(20)16(6-2)10-11(3)4/h11-13H,5-10H2,1-4H3,(H,18,19). The number of aliphatic carboxylic acids is 1. The zero-order valence-electron chi connectivity index (χ0n) is 13.1. The summed E-state index contributed by atoms with van der Waals surface area (Å²) < 4.78 is 0. The summed E-state index contributed by atoms with van der Waals surface area (Å²) in [5.41, 5.74) is 0. The molecular weight excluding hydrogens is 256 g/mol. The fraction of sp³-hybridized carbons (Fsp3) is 0.867. The number of carbonyl (C=O) groups excluding carboxylic acids is 1. The highest BCUT2D eigenvalue weighted by Crippen LogP contribution is 2.26. The van der Waals surface area contributed by atoms with E-state index in [2.05, 4.69) is 20.8 Å². The Hall–Kier alpha value is -1.26. The molecule has 1 rings (SSSR count). The van der Waals surface area contributed by atoms with Crippen LogP contribution in [0.2, 0.25) is 0 Å². The smallest absolute Gasteiger partial charge is 0.326 e. The highest BCUT2D eigenvalue weighted by molar-refractivity contribution is 5.83. The molecule has 0 aromatic carbocycles. The molecule has 1 aliphatic heterocycles. The molecule has 0 aliphatic carbocycles. The van der Waals surface area contributed by atoms with Crippen LogP contribution in [0.15, 0.2) is 0 Å². The van der Waals surface area contributed by atoms with E-state index in [0.29, 0.717) is 37.9 Å². The lowest BCUT2D eigenvalue weighted by Crippen LogP contribution is -2.55. The molecule has 2 amide bonds. The first-order valence-corrected chi connectivity index (χ1v) is 7.68. The van der Waals surface area contributed by atoms with Crippen LogP contribution in [0.1, 0.15) is 47.0 Å². The van der Waals surface area contributed by atoms with Gasteiger partial charge in [0.15, 0.2) is 0 Å². The minimum Gasteiger partial charge on any atom is -0.480 e. The Labute approximate surface area is 121 Å². The van der Waals surface area contributed by atoms with Crippen molar-refractivity contribution in [3.8, 4) is 0 Å². The van der Waals surface area contributed by atoms with Gasteiger partial charge >= 0.3 is 12.0 Å². The van der Waals surface area contributed by atoms with Gasteiger partial charge in [0.2, 0.25) is 0 Å². The van der Waals surface area contributed by atoms with Crippen LogP contribution in [0, 0.1) is 11.8 Å². The second kappa shape index (κ2) is 7.50. The van der Waals surface area contributed by atoms with Gasteiger partial charge in [0.05, 0.1) is 0 Å². The van der Waals surface area contributed by atoms with Crippen molar-refractivity contribution in [2.75, 3.05) is 19.6 Å². The molecular formula is C15H28N2O3. The van der Waals surface area contributed by atoms with Crippen LogP contribution in [0.25, 0.3) is 0 Å². The zero-order chi connectivity index (χ0) is 15.3. The third-order valence-electron chi connectivity index (χ3n) is 4.06. The molecule has 2 unspecified atom stereocenters. The molecule has 1 heterocycles. The average molecular weight is 284 g/mol. The normalized spacial score (nSPS) is 22.9. The fourth-order valence-corrected chi connectivity index (χ4v) is 2.84. The van der Waals surface area contributed by atoms with Crippen molar-refractivity contribution in [2.24, 2.45) is 11.8 Å². The van der Waals surface area contributed by atoms with Crippen LogP contribution in [-0.4, -0.2) is 52.6 Å². The first-order valence-electron chi connectivity index (χ1n) is 7.68. The molecule has 1 fully saturated rings. The van der Waals surface area contributed by atoms with Crippen LogP contribution in [0.3, 0.4) is 0 Å². The van der Waals surface area contributed by atoms with E-state index < -0.39 is 12.0 Å². The van der Waals surface area contributed by atoms with Gasteiger partial charge in [0.1, 0.15) is 6.04 Å². The number of carboxylic acids is 1. The summed E-state index contributed by atoms with van der Waals surface area (Å²) >= 11 is 0. The van der Waals surface area contributed by atoms with Gasteiger partial charge in [-0.3, -0.25) is 0 Å². The predicted octanol–water partition coefficient (Wildman–Crippen LogP) is 2.66. The number of hydrogen-bond acceptors (Lipinski definition) is 2. The Morgan fingerprint density at radius 2 is 2.00 bits per heavy atom. The van der Waals surface area contributed by atoms with Crippen molar-refractivity contribution in [2.45, 2.75) is 53.0 Å². The number of hydrogen-bond donors (Lipinski definition) is 1. The molecule has 0 bridgehead atoms. The first-order chi connectivity index (χ1) is 9.40. The maximum Gasteiger partial charge on any atom is 0.326 e. The van der Waals surface area contributed by atoms with E-state index in [1.54, 1.807) is 9.80 Å². The van der Waals surface area contributed by atoms with Gasteiger partial charge in [-0.15, -0.1) is 0 Å². The van der Waals surface area contributed by atoms with E-state index in [1.807, 2.05) is 6.92 Å². The van der Waals surface area contributed by atoms with Gasteiger partial charge in [-0.2, -0.15) is 0 Å². The Morgan fingerprint density at radius 1 is 1.35 bits per heavy atom. The summed E-state index contributed by atoms with van der Waals surface area (Å²) in [6, 6.07) is -0.787. The molecule has 5 nitrogen and oxygen atoms in total. The van der Waals surface area contributed by atoms with Gasteiger partial charge in [-0.1, -0.05) is 27.2 Å². The molecule has 0 spiro atoms. The molecule has 1 N–H and O–H groups in total. The molecule has 0 aromatic heterocycles. The Bertz CT molecular complexity index is 344. The summed E-state index contributed by atoms with van der Waals surface area (Å²) in [5, 5.41) is 9.39. The van der Waals surface area contributed by atoms with Crippen molar-refractivity contribution in [1.82, 2.24) is 9.80 Å². The molecule has 5 heteroatoms. The van der Waals surface area contributed by atoms with E-state index >= 15 is 0 Å². The van der Waals surface area contributed by atoms with Crippen LogP contribution in [0.4, 0.5) is 4.79 Å². The van der Waals surface area contributed by atoms with Crippen LogP contribution >= 0.6 is 0 Å². The second-order valence-electron chi connectivity index (χ2n) is 6.06. The minimum absolute atomic E-state index is 0.122. The maximum absolute atomic E-state index is 12.6. The summed E-state index contributed by atoms with van der Waals surface area (Å²) in [4.78, 5) is 27.3. The molecule has 1 aliphatic rings. The van der Waals surface area contributed by atoms with Crippen molar-refractivity contribution in [3.63, 3.8) is 0 Å². The summed E-state index contributed by atoms with van der Waals surface area (Å²) in [7, 11) is 0. The molecule has 2 atom stereocenters. The number of likely N-dealkylation sites (tertiary alicyclic amines) is 1. The first kappa shape index (κ1) is 16.8. The molecule has 20 heavy (non-hydrogen) atoms. The quantitative estimate of drug-likeness (QED) is 0.844. The number of nitrogens with zero attached hydrogens (tertiary/aromatic N) is 2. The Balaban J connectivity index is 2.80. The Morgan fingerprint density at radius 3 is 2.45 bits per heavy atom. The van der Waals surface area contributed by atoms with Gasteiger partial charge < -0.3 is 14.9 Å². The average Bonchev–Trinajstić information content (AvgIpc) is 2.42. The molecule has 1 saturated heterocycles. The maximum atomic E-state index is 12.6. The number of amides is 2.